The van der Waals surface area contributed by atoms with E-state index in [0.29, 0.717) is 16.2 Å². The lowest BCUT2D eigenvalue weighted by molar-refractivity contribution is -0.387. The molecule has 0 aliphatic carbocycles. The van der Waals surface area contributed by atoms with E-state index < -0.39 is 16.9 Å². The van der Waals surface area contributed by atoms with Crippen molar-refractivity contribution < 1.29 is 14.8 Å². The molecule has 0 aromatic heterocycles. The second kappa shape index (κ2) is 7.75. The van der Waals surface area contributed by atoms with E-state index in [1.807, 2.05) is 30.3 Å². The molecule has 7 heteroatoms. The maximum Gasteiger partial charge on any atom is 0.305 e. The lowest BCUT2D eigenvalue weighted by Gasteiger charge is -2.11. The number of nitrogens with zero attached hydrogens (tertiary/aromatic N) is 1. The van der Waals surface area contributed by atoms with Gasteiger partial charge in [0.1, 0.15) is 0 Å². The van der Waals surface area contributed by atoms with E-state index in [1.54, 1.807) is 12.1 Å². The molecule has 0 fully saturated rings. The Kier molecular flexibility index (Phi) is 5.72. The number of carboxylic acid groups (broad SMARTS) is 1. The summed E-state index contributed by atoms with van der Waals surface area (Å²) in [5.74, 6) is -0.426. The van der Waals surface area contributed by atoms with Crippen LogP contribution in [0.25, 0.3) is 0 Å². The zero-order valence-electron chi connectivity index (χ0n) is 12.2. The summed E-state index contributed by atoms with van der Waals surface area (Å²) in [5, 5.41) is 20.0. The first-order valence-corrected chi connectivity index (χ1v) is 7.88. The molecule has 2 aromatic carbocycles. The number of carbonyl (C=O) groups is 1. The quantitative estimate of drug-likeness (QED) is 0.457. The van der Waals surface area contributed by atoms with Crippen LogP contribution >= 0.6 is 11.8 Å². The average molecular weight is 332 g/mol. The first-order chi connectivity index (χ1) is 11.0. The van der Waals surface area contributed by atoms with Crippen LogP contribution in [0.2, 0.25) is 0 Å². The lowest BCUT2D eigenvalue weighted by Crippen LogP contribution is -2.15. The maximum absolute atomic E-state index is 11.3. The average Bonchev–Trinajstić information content (AvgIpc) is 2.53. The number of rotatable bonds is 7. The van der Waals surface area contributed by atoms with E-state index in [1.165, 1.54) is 17.8 Å². The van der Waals surface area contributed by atoms with Gasteiger partial charge in [0.2, 0.25) is 0 Å². The summed E-state index contributed by atoms with van der Waals surface area (Å²) in [6, 6.07) is 13.5. The zero-order valence-corrected chi connectivity index (χ0v) is 13.0. The van der Waals surface area contributed by atoms with Crippen molar-refractivity contribution in [3.05, 3.63) is 69.8 Å². The van der Waals surface area contributed by atoms with Gasteiger partial charge in [0.25, 0.3) is 5.69 Å². The van der Waals surface area contributed by atoms with Gasteiger partial charge in [-0.05, 0) is 17.2 Å². The van der Waals surface area contributed by atoms with Crippen LogP contribution < -0.4 is 5.73 Å². The minimum absolute atomic E-state index is 0.0516. The highest BCUT2D eigenvalue weighted by atomic mass is 32.2. The van der Waals surface area contributed by atoms with Gasteiger partial charge in [0.15, 0.2) is 0 Å². The van der Waals surface area contributed by atoms with Crippen LogP contribution in [0.4, 0.5) is 5.69 Å². The minimum atomic E-state index is -1.04. The van der Waals surface area contributed by atoms with Crippen molar-refractivity contribution in [1.82, 2.24) is 0 Å². The van der Waals surface area contributed by atoms with Crippen LogP contribution in [0.15, 0.2) is 53.4 Å². The summed E-state index contributed by atoms with van der Waals surface area (Å²) < 4.78 is 0. The maximum atomic E-state index is 11.3. The molecule has 23 heavy (non-hydrogen) atoms. The highest BCUT2D eigenvalue weighted by Crippen LogP contribution is 2.33. The van der Waals surface area contributed by atoms with Crippen molar-refractivity contribution in [2.45, 2.75) is 23.1 Å². The molecule has 0 aliphatic heterocycles. The van der Waals surface area contributed by atoms with Crippen LogP contribution in [0.1, 0.15) is 23.6 Å². The van der Waals surface area contributed by atoms with E-state index in [0.717, 1.165) is 5.56 Å². The SMILES string of the molecule is NC(CC(=O)O)c1ccc(SCc2ccccc2)c([N+](=O)[O-])c1. The van der Waals surface area contributed by atoms with Gasteiger partial charge in [0, 0.05) is 17.9 Å². The molecule has 0 spiro atoms. The lowest BCUT2D eigenvalue weighted by atomic mass is 10.0. The molecule has 120 valence electrons. The summed E-state index contributed by atoms with van der Waals surface area (Å²) in [6.07, 6.45) is -0.270. The number of aliphatic carboxylic acids is 1. The van der Waals surface area contributed by atoms with E-state index in [2.05, 4.69) is 0 Å². The Hall–Kier alpha value is -2.38. The second-order valence-electron chi connectivity index (χ2n) is 4.96. The van der Waals surface area contributed by atoms with Gasteiger partial charge < -0.3 is 10.8 Å². The van der Waals surface area contributed by atoms with Crippen LogP contribution in [0.5, 0.6) is 0 Å². The van der Waals surface area contributed by atoms with Crippen LogP contribution in [0.3, 0.4) is 0 Å². The molecule has 0 aliphatic rings. The number of hydrogen-bond acceptors (Lipinski definition) is 5. The van der Waals surface area contributed by atoms with Gasteiger partial charge in [-0.3, -0.25) is 14.9 Å². The van der Waals surface area contributed by atoms with E-state index in [9.17, 15) is 14.9 Å². The zero-order chi connectivity index (χ0) is 16.8. The topological polar surface area (TPSA) is 106 Å². The number of hydrogen-bond donors (Lipinski definition) is 2. The smallest absolute Gasteiger partial charge is 0.305 e. The van der Waals surface area contributed by atoms with Gasteiger partial charge in [0.05, 0.1) is 16.2 Å². The summed E-state index contributed by atoms with van der Waals surface area (Å²) in [6.45, 7) is 0. The fraction of sp³-hybridized carbons (Fsp3) is 0.188. The van der Waals surface area contributed by atoms with Gasteiger partial charge in [-0.2, -0.15) is 0 Å². The molecule has 0 radical (unpaired) electrons. The molecule has 2 rings (SSSR count). The monoisotopic (exact) mass is 332 g/mol. The number of nitrogens with two attached hydrogens (primary N) is 1. The van der Waals surface area contributed by atoms with E-state index in [-0.39, 0.29) is 12.1 Å². The third kappa shape index (κ3) is 4.80. The Morgan fingerprint density at radius 3 is 2.57 bits per heavy atom. The molecular formula is C16H16N2O4S. The normalized spacial score (nSPS) is 11.9. The molecule has 6 nitrogen and oxygen atoms in total. The van der Waals surface area contributed by atoms with Crippen LogP contribution in [-0.4, -0.2) is 16.0 Å². The molecule has 1 unspecified atom stereocenters. The summed E-state index contributed by atoms with van der Waals surface area (Å²) in [7, 11) is 0. The van der Waals surface area contributed by atoms with Crippen molar-refractivity contribution in [3.8, 4) is 0 Å². The predicted molar refractivity (Wildman–Crippen MR) is 88.3 cm³/mol. The highest BCUT2D eigenvalue weighted by molar-refractivity contribution is 7.98. The molecule has 0 saturated heterocycles. The highest BCUT2D eigenvalue weighted by Gasteiger charge is 2.19. The van der Waals surface area contributed by atoms with Crippen molar-refractivity contribution in [2.75, 3.05) is 0 Å². The Labute approximate surface area is 137 Å². The third-order valence-electron chi connectivity index (χ3n) is 3.24. The molecule has 3 N–H and O–H groups in total. The van der Waals surface area contributed by atoms with Gasteiger partial charge in [-0.15, -0.1) is 11.8 Å². The minimum Gasteiger partial charge on any atom is -0.481 e. The molecule has 0 amide bonds. The second-order valence-corrected chi connectivity index (χ2v) is 5.98. The first-order valence-electron chi connectivity index (χ1n) is 6.90. The summed E-state index contributed by atoms with van der Waals surface area (Å²) in [4.78, 5) is 22.0. The number of nitro benzene ring substituents is 1. The van der Waals surface area contributed by atoms with Gasteiger partial charge in [-0.25, -0.2) is 0 Å². The van der Waals surface area contributed by atoms with Gasteiger partial charge >= 0.3 is 5.97 Å². The number of nitro groups is 1. The predicted octanol–water partition coefficient (Wildman–Crippen LogP) is 3.36. The molecule has 0 bridgehead atoms. The van der Waals surface area contributed by atoms with Crippen molar-refractivity contribution in [3.63, 3.8) is 0 Å². The number of benzene rings is 2. The number of carboxylic acids is 1. The van der Waals surface area contributed by atoms with Crippen molar-refractivity contribution in [1.29, 1.82) is 0 Å². The third-order valence-corrected chi connectivity index (χ3v) is 4.37. The first kappa shape index (κ1) is 17.0. The standard InChI is InChI=1S/C16H16N2O4S/c17-13(9-16(19)20)12-6-7-15(14(8-12)18(21)22)23-10-11-4-2-1-3-5-11/h1-8,13H,9-10,17H2,(H,19,20). The number of thioether (sulfide) groups is 1. The molecule has 0 heterocycles. The Morgan fingerprint density at radius 2 is 1.96 bits per heavy atom. The summed E-state index contributed by atoms with van der Waals surface area (Å²) >= 11 is 1.36. The Bertz CT molecular complexity index is 706. The molecule has 2 aromatic rings. The Balaban J connectivity index is 2.19. The Morgan fingerprint density at radius 1 is 1.26 bits per heavy atom. The fourth-order valence-corrected chi connectivity index (χ4v) is 3.03. The molecule has 0 saturated carbocycles. The van der Waals surface area contributed by atoms with Crippen molar-refractivity contribution >= 4 is 23.4 Å². The largest absolute Gasteiger partial charge is 0.481 e. The fourth-order valence-electron chi connectivity index (χ4n) is 2.07. The summed E-state index contributed by atoms with van der Waals surface area (Å²) in [5.41, 5.74) is 7.23. The van der Waals surface area contributed by atoms with Crippen molar-refractivity contribution in [2.24, 2.45) is 5.73 Å². The van der Waals surface area contributed by atoms with E-state index >= 15 is 0 Å². The molecule has 1 atom stereocenters. The molecular weight excluding hydrogens is 316 g/mol. The van der Waals surface area contributed by atoms with Gasteiger partial charge in [-0.1, -0.05) is 36.4 Å². The van der Waals surface area contributed by atoms with Crippen LogP contribution in [0, 0.1) is 10.1 Å². The van der Waals surface area contributed by atoms with E-state index in [4.69, 9.17) is 10.8 Å². The van der Waals surface area contributed by atoms with Crippen LogP contribution in [-0.2, 0) is 10.5 Å².